The highest BCUT2D eigenvalue weighted by molar-refractivity contribution is 6.32. The van der Waals surface area contributed by atoms with Crippen molar-refractivity contribution in [3.63, 3.8) is 0 Å². The molecule has 30 heavy (non-hydrogen) atoms. The number of benzene rings is 2. The van der Waals surface area contributed by atoms with Gasteiger partial charge in [0, 0.05) is 35.8 Å². The zero-order valence-electron chi connectivity index (χ0n) is 17.0. The summed E-state index contributed by atoms with van der Waals surface area (Å²) >= 11 is 6.14. The van der Waals surface area contributed by atoms with Crippen LogP contribution in [0.25, 0.3) is 0 Å². The van der Waals surface area contributed by atoms with Crippen LogP contribution in [0.4, 0.5) is 14.5 Å². The van der Waals surface area contributed by atoms with Crippen LogP contribution in [0.1, 0.15) is 40.9 Å². The van der Waals surface area contributed by atoms with E-state index in [4.69, 9.17) is 16.3 Å². The fraction of sp³-hybridized carbons (Fsp3) is 0.364. The predicted octanol–water partition coefficient (Wildman–Crippen LogP) is 5.04. The van der Waals surface area contributed by atoms with Gasteiger partial charge in [-0.25, -0.2) is 8.78 Å². The van der Waals surface area contributed by atoms with E-state index in [1.807, 2.05) is 26.8 Å². The molecule has 5 nitrogen and oxygen atoms in total. The monoisotopic (exact) mass is 436 g/mol. The molecule has 0 unspecified atom stereocenters. The zero-order chi connectivity index (χ0) is 22.0. The number of aryl methyl sites for hydroxylation is 1. The summed E-state index contributed by atoms with van der Waals surface area (Å²) in [5.74, 6) is -0.254. The normalized spacial score (nSPS) is 13.2. The van der Waals surface area contributed by atoms with Crippen molar-refractivity contribution in [1.29, 1.82) is 0 Å². The largest absolute Gasteiger partial charge is 0.486 e. The lowest BCUT2D eigenvalue weighted by Gasteiger charge is -2.17. The number of alkyl halides is 2. The molecule has 0 spiro atoms. The van der Waals surface area contributed by atoms with Gasteiger partial charge in [-0.3, -0.25) is 9.59 Å². The van der Waals surface area contributed by atoms with E-state index < -0.39 is 13.0 Å². The van der Waals surface area contributed by atoms with Crippen LogP contribution < -0.4 is 10.1 Å². The van der Waals surface area contributed by atoms with E-state index in [-0.39, 0.29) is 28.5 Å². The molecule has 0 saturated heterocycles. The third-order valence-electron chi connectivity index (χ3n) is 4.89. The molecule has 0 aliphatic carbocycles. The van der Waals surface area contributed by atoms with E-state index in [0.29, 0.717) is 24.3 Å². The molecule has 2 aromatic rings. The molecule has 2 amide bonds. The Bertz CT molecular complexity index is 979. The molecule has 1 aliphatic rings. The standard InChI is InChI=1S/C22H23ClF2N2O3/c1-12(2)21(28)26-20-13(3)4-6-15-16(20)10-27(22(15)29)9-14-5-7-18(17(23)8-14)30-11-19(24)25/h4-8,12,19H,9-11H2,1-3H3,(H,26,28). The highest BCUT2D eigenvalue weighted by atomic mass is 35.5. The van der Waals surface area contributed by atoms with Crippen molar-refractivity contribution in [2.75, 3.05) is 11.9 Å². The quantitative estimate of drug-likeness (QED) is 0.661. The SMILES string of the molecule is Cc1ccc2c(c1NC(=O)C(C)C)CN(Cc1ccc(OCC(F)F)c(Cl)c1)C2=O. The van der Waals surface area contributed by atoms with Gasteiger partial charge in [-0.2, -0.15) is 0 Å². The number of nitrogens with zero attached hydrogens (tertiary/aromatic N) is 1. The van der Waals surface area contributed by atoms with E-state index in [9.17, 15) is 18.4 Å². The lowest BCUT2D eigenvalue weighted by molar-refractivity contribution is -0.118. The van der Waals surface area contributed by atoms with Gasteiger partial charge in [0.15, 0.2) is 0 Å². The number of fused-ring (bicyclic) bond motifs is 1. The van der Waals surface area contributed by atoms with E-state index in [1.165, 1.54) is 6.07 Å². The van der Waals surface area contributed by atoms with Crippen LogP contribution in [-0.2, 0) is 17.9 Å². The average molecular weight is 437 g/mol. The Morgan fingerprint density at radius 2 is 2.00 bits per heavy atom. The fourth-order valence-electron chi connectivity index (χ4n) is 3.26. The number of hydrogen-bond acceptors (Lipinski definition) is 3. The number of halogens is 3. The molecule has 0 aromatic heterocycles. The first kappa shape index (κ1) is 22.0. The smallest absolute Gasteiger partial charge is 0.272 e. The van der Waals surface area contributed by atoms with Crippen molar-refractivity contribution >= 4 is 29.1 Å². The van der Waals surface area contributed by atoms with Crippen LogP contribution in [-0.4, -0.2) is 29.7 Å². The molecular weight excluding hydrogens is 414 g/mol. The zero-order valence-corrected chi connectivity index (χ0v) is 17.7. The predicted molar refractivity (Wildman–Crippen MR) is 111 cm³/mol. The first-order valence-corrected chi connectivity index (χ1v) is 9.97. The molecule has 0 radical (unpaired) electrons. The summed E-state index contributed by atoms with van der Waals surface area (Å²) in [6.07, 6.45) is -2.59. The van der Waals surface area contributed by atoms with Gasteiger partial charge in [-0.15, -0.1) is 0 Å². The highest BCUT2D eigenvalue weighted by Gasteiger charge is 2.31. The molecule has 1 aliphatic heterocycles. The van der Waals surface area contributed by atoms with Gasteiger partial charge in [-0.1, -0.05) is 37.6 Å². The summed E-state index contributed by atoms with van der Waals surface area (Å²) in [6.45, 7) is 5.42. The second-order valence-electron chi connectivity index (χ2n) is 7.56. The molecule has 0 fully saturated rings. The number of carbonyl (C=O) groups is 2. The number of rotatable bonds is 7. The summed E-state index contributed by atoms with van der Waals surface area (Å²) in [7, 11) is 0. The maximum absolute atomic E-state index is 12.9. The Morgan fingerprint density at radius 1 is 1.27 bits per heavy atom. The topological polar surface area (TPSA) is 58.6 Å². The van der Waals surface area contributed by atoms with Crippen LogP contribution in [0.3, 0.4) is 0 Å². The number of carbonyl (C=O) groups excluding carboxylic acids is 2. The summed E-state index contributed by atoms with van der Waals surface area (Å²) in [6, 6.07) is 8.40. The lowest BCUT2D eigenvalue weighted by atomic mass is 10.0. The number of nitrogens with one attached hydrogen (secondary N) is 1. The van der Waals surface area contributed by atoms with Crippen molar-refractivity contribution in [3.05, 3.63) is 57.6 Å². The van der Waals surface area contributed by atoms with Crippen molar-refractivity contribution in [2.45, 2.75) is 40.3 Å². The van der Waals surface area contributed by atoms with Gasteiger partial charge in [-0.05, 0) is 36.2 Å². The molecule has 0 atom stereocenters. The van der Waals surface area contributed by atoms with Gasteiger partial charge >= 0.3 is 0 Å². The minimum absolute atomic E-state index is 0.108. The number of ether oxygens (including phenoxy) is 1. The molecule has 160 valence electrons. The Morgan fingerprint density at radius 3 is 2.63 bits per heavy atom. The van der Waals surface area contributed by atoms with Crippen LogP contribution in [0, 0.1) is 12.8 Å². The minimum atomic E-state index is -2.59. The molecule has 1 N–H and O–H groups in total. The third kappa shape index (κ3) is 4.73. The summed E-state index contributed by atoms with van der Waals surface area (Å²) in [5, 5.41) is 3.14. The summed E-state index contributed by atoms with van der Waals surface area (Å²) in [5.41, 5.74) is 3.66. The number of anilines is 1. The van der Waals surface area contributed by atoms with E-state index in [0.717, 1.165) is 16.7 Å². The van der Waals surface area contributed by atoms with Crippen molar-refractivity contribution in [3.8, 4) is 5.75 Å². The highest BCUT2D eigenvalue weighted by Crippen LogP contribution is 2.34. The van der Waals surface area contributed by atoms with E-state index >= 15 is 0 Å². The van der Waals surface area contributed by atoms with Gasteiger partial charge in [0.1, 0.15) is 12.4 Å². The summed E-state index contributed by atoms with van der Waals surface area (Å²) in [4.78, 5) is 26.7. The van der Waals surface area contributed by atoms with Crippen LogP contribution >= 0.6 is 11.6 Å². The maximum atomic E-state index is 12.9. The second kappa shape index (κ2) is 9.00. The van der Waals surface area contributed by atoms with Crippen molar-refractivity contribution in [2.24, 2.45) is 5.92 Å². The molecule has 3 rings (SSSR count). The first-order valence-electron chi connectivity index (χ1n) is 9.59. The van der Waals surface area contributed by atoms with Gasteiger partial charge < -0.3 is 15.0 Å². The molecule has 0 saturated carbocycles. The Hall–Kier alpha value is -2.67. The third-order valence-corrected chi connectivity index (χ3v) is 5.19. The maximum Gasteiger partial charge on any atom is 0.272 e. The van der Waals surface area contributed by atoms with Crippen LogP contribution in [0.5, 0.6) is 5.75 Å². The first-order chi connectivity index (χ1) is 14.2. The Balaban J connectivity index is 1.78. The molecular formula is C22H23ClF2N2O3. The van der Waals surface area contributed by atoms with Gasteiger partial charge in [0.05, 0.1) is 5.02 Å². The molecule has 2 aromatic carbocycles. The second-order valence-corrected chi connectivity index (χ2v) is 7.96. The molecule has 8 heteroatoms. The van der Waals surface area contributed by atoms with E-state index in [2.05, 4.69) is 5.32 Å². The molecule has 1 heterocycles. The lowest BCUT2D eigenvalue weighted by Crippen LogP contribution is -2.23. The van der Waals surface area contributed by atoms with Gasteiger partial charge in [0.25, 0.3) is 12.3 Å². The van der Waals surface area contributed by atoms with Crippen molar-refractivity contribution < 1.29 is 23.1 Å². The van der Waals surface area contributed by atoms with Crippen LogP contribution in [0.2, 0.25) is 5.02 Å². The Kier molecular flexibility index (Phi) is 6.61. The Labute approximate surface area is 179 Å². The number of hydrogen-bond donors (Lipinski definition) is 1. The summed E-state index contributed by atoms with van der Waals surface area (Å²) < 4.78 is 29.6. The molecule has 0 bridgehead atoms. The average Bonchev–Trinajstić information content (AvgIpc) is 2.99. The van der Waals surface area contributed by atoms with Crippen LogP contribution in [0.15, 0.2) is 30.3 Å². The van der Waals surface area contributed by atoms with E-state index in [1.54, 1.807) is 23.1 Å². The number of amides is 2. The van der Waals surface area contributed by atoms with Crippen molar-refractivity contribution in [1.82, 2.24) is 4.90 Å². The minimum Gasteiger partial charge on any atom is -0.486 e. The fourth-order valence-corrected chi connectivity index (χ4v) is 3.52. The van der Waals surface area contributed by atoms with Gasteiger partial charge in [0.2, 0.25) is 5.91 Å².